The molecule has 0 aliphatic heterocycles. The Bertz CT molecular complexity index is 930. The highest BCUT2D eigenvalue weighted by Gasteiger charge is 2.33. The minimum absolute atomic E-state index is 0.142. The van der Waals surface area contributed by atoms with Crippen LogP contribution >= 0.6 is 0 Å². The van der Waals surface area contributed by atoms with Crippen LogP contribution in [-0.2, 0) is 11.3 Å². The monoisotopic (exact) mass is 435 g/mol. The van der Waals surface area contributed by atoms with Crippen LogP contribution in [-0.4, -0.2) is 45.3 Å². The molecule has 2 aromatic heterocycles. The van der Waals surface area contributed by atoms with Crippen LogP contribution in [0, 0.1) is 23.7 Å². The lowest BCUT2D eigenvalue weighted by atomic mass is 9.69. The number of carbonyl (C=O) groups excluding carboxylic acids is 2. The Labute approximate surface area is 190 Å². The van der Waals surface area contributed by atoms with Gasteiger partial charge in [0.15, 0.2) is 0 Å². The summed E-state index contributed by atoms with van der Waals surface area (Å²) in [5.74, 6) is 1.23. The van der Waals surface area contributed by atoms with Crippen molar-refractivity contribution in [2.45, 2.75) is 40.2 Å². The van der Waals surface area contributed by atoms with Gasteiger partial charge in [-0.1, -0.05) is 31.6 Å². The molecule has 0 saturated carbocycles. The van der Waals surface area contributed by atoms with Gasteiger partial charge in [-0.15, -0.1) is 0 Å². The van der Waals surface area contributed by atoms with Crippen molar-refractivity contribution in [3.8, 4) is 0 Å². The van der Waals surface area contributed by atoms with E-state index in [4.69, 9.17) is 0 Å². The molecule has 7 nitrogen and oxygen atoms in total. The van der Waals surface area contributed by atoms with E-state index in [1.807, 2.05) is 19.2 Å². The van der Waals surface area contributed by atoms with Crippen LogP contribution in [0.5, 0.6) is 0 Å². The Balaban J connectivity index is 1.61. The smallest absolute Gasteiger partial charge is 0.271 e. The third-order valence-electron chi connectivity index (χ3n) is 6.37. The standard InChI is InChI=1S/C25H33N5O2/c1-17(2)22-11-20(12-24(31)30(4)16-19-6-5-7-26-13-19)18(3)10-21(22)14-29-25(32)23-15-27-8-9-28-23/h5-10,13,15,17,20-22H,11-12,14,16H2,1-4H3,(H,29,32). The highest BCUT2D eigenvalue weighted by molar-refractivity contribution is 5.91. The summed E-state index contributed by atoms with van der Waals surface area (Å²) in [6.45, 7) is 7.64. The summed E-state index contributed by atoms with van der Waals surface area (Å²) in [4.78, 5) is 39.2. The molecule has 2 heterocycles. The van der Waals surface area contributed by atoms with E-state index in [1.165, 1.54) is 18.0 Å². The first kappa shape index (κ1) is 23.6. The molecule has 2 aromatic rings. The third kappa shape index (κ3) is 6.22. The van der Waals surface area contributed by atoms with Crippen molar-refractivity contribution >= 4 is 11.8 Å². The molecule has 170 valence electrons. The van der Waals surface area contributed by atoms with Crippen LogP contribution in [0.15, 0.2) is 54.8 Å². The fourth-order valence-corrected chi connectivity index (χ4v) is 4.45. The first-order valence-corrected chi connectivity index (χ1v) is 11.2. The van der Waals surface area contributed by atoms with Gasteiger partial charge in [-0.3, -0.25) is 19.6 Å². The van der Waals surface area contributed by atoms with E-state index >= 15 is 0 Å². The van der Waals surface area contributed by atoms with Gasteiger partial charge < -0.3 is 10.2 Å². The number of allylic oxidation sites excluding steroid dienone is 1. The van der Waals surface area contributed by atoms with Gasteiger partial charge in [-0.25, -0.2) is 4.98 Å². The largest absolute Gasteiger partial charge is 0.350 e. The predicted molar refractivity (Wildman–Crippen MR) is 123 cm³/mol. The number of rotatable bonds is 8. The zero-order valence-electron chi connectivity index (χ0n) is 19.4. The summed E-state index contributed by atoms with van der Waals surface area (Å²) in [7, 11) is 1.85. The first-order valence-electron chi connectivity index (χ1n) is 11.2. The molecule has 1 N–H and O–H groups in total. The number of nitrogens with zero attached hydrogens (tertiary/aromatic N) is 4. The molecule has 0 bridgehead atoms. The SMILES string of the molecule is CC1=CC(CNC(=O)c2cnccn2)C(C(C)C)CC1CC(=O)N(C)Cc1cccnc1. The Morgan fingerprint density at radius 1 is 1.19 bits per heavy atom. The molecule has 3 unspecified atom stereocenters. The summed E-state index contributed by atoms with van der Waals surface area (Å²) < 4.78 is 0. The van der Waals surface area contributed by atoms with E-state index in [-0.39, 0.29) is 23.7 Å². The van der Waals surface area contributed by atoms with E-state index in [0.29, 0.717) is 37.0 Å². The van der Waals surface area contributed by atoms with Crippen LogP contribution < -0.4 is 5.32 Å². The number of amides is 2. The molecule has 0 spiro atoms. The Morgan fingerprint density at radius 3 is 2.62 bits per heavy atom. The molecule has 3 rings (SSSR count). The lowest BCUT2D eigenvalue weighted by Crippen LogP contribution is -2.38. The number of hydrogen-bond donors (Lipinski definition) is 1. The molecule has 0 fully saturated rings. The van der Waals surface area contributed by atoms with Gasteiger partial charge in [-0.2, -0.15) is 0 Å². The van der Waals surface area contributed by atoms with Crippen LogP contribution in [0.2, 0.25) is 0 Å². The first-order chi connectivity index (χ1) is 15.3. The number of nitrogens with one attached hydrogen (secondary N) is 1. The van der Waals surface area contributed by atoms with Crippen molar-refractivity contribution in [2.75, 3.05) is 13.6 Å². The van der Waals surface area contributed by atoms with E-state index in [9.17, 15) is 9.59 Å². The van der Waals surface area contributed by atoms with Gasteiger partial charge in [0, 0.05) is 51.3 Å². The summed E-state index contributed by atoms with van der Waals surface area (Å²) in [6, 6.07) is 3.87. The molecular formula is C25H33N5O2. The molecule has 0 radical (unpaired) electrons. The van der Waals surface area contributed by atoms with Crippen LogP contribution in [0.4, 0.5) is 0 Å². The van der Waals surface area contributed by atoms with Gasteiger partial charge in [-0.05, 0) is 48.6 Å². The van der Waals surface area contributed by atoms with E-state index in [0.717, 1.165) is 12.0 Å². The van der Waals surface area contributed by atoms with Crippen LogP contribution in [0.25, 0.3) is 0 Å². The highest BCUT2D eigenvalue weighted by Crippen LogP contribution is 2.39. The van der Waals surface area contributed by atoms with Crippen molar-refractivity contribution in [1.82, 2.24) is 25.2 Å². The molecular weight excluding hydrogens is 402 g/mol. The van der Waals surface area contributed by atoms with E-state index in [2.05, 4.69) is 47.1 Å². The molecule has 0 saturated heterocycles. The number of pyridine rings is 1. The zero-order valence-corrected chi connectivity index (χ0v) is 19.4. The lowest BCUT2D eigenvalue weighted by molar-refractivity contribution is -0.131. The van der Waals surface area contributed by atoms with Crippen molar-refractivity contribution < 1.29 is 9.59 Å². The summed E-state index contributed by atoms with van der Waals surface area (Å²) in [5, 5.41) is 3.01. The van der Waals surface area contributed by atoms with Crippen LogP contribution in [0.3, 0.4) is 0 Å². The summed E-state index contributed by atoms with van der Waals surface area (Å²) in [6.07, 6.45) is 11.8. The second-order valence-corrected chi connectivity index (χ2v) is 9.03. The maximum atomic E-state index is 12.9. The number of aromatic nitrogens is 3. The van der Waals surface area contributed by atoms with Crippen molar-refractivity contribution in [2.24, 2.45) is 23.7 Å². The van der Waals surface area contributed by atoms with Gasteiger partial charge in [0.2, 0.25) is 5.91 Å². The van der Waals surface area contributed by atoms with Gasteiger partial charge in [0.1, 0.15) is 5.69 Å². The fraction of sp³-hybridized carbons (Fsp3) is 0.480. The van der Waals surface area contributed by atoms with Gasteiger partial charge >= 0.3 is 0 Å². The normalized spacial score (nSPS) is 20.5. The molecule has 3 atom stereocenters. The number of carbonyl (C=O) groups is 2. The fourth-order valence-electron chi connectivity index (χ4n) is 4.45. The Hall–Kier alpha value is -3.09. The second-order valence-electron chi connectivity index (χ2n) is 9.03. The van der Waals surface area contributed by atoms with Crippen molar-refractivity contribution in [3.05, 3.63) is 66.0 Å². The highest BCUT2D eigenvalue weighted by atomic mass is 16.2. The van der Waals surface area contributed by atoms with Gasteiger partial charge in [0.25, 0.3) is 5.91 Å². The van der Waals surface area contributed by atoms with Crippen molar-refractivity contribution in [1.29, 1.82) is 0 Å². The summed E-state index contributed by atoms with van der Waals surface area (Å²) in [5.41, 5.74) is 2.58. The van der Waals surface area contributed by atoms with Crippen molar-refractivity contribution in [3.63, 3.8) is 0 Å². The maximum absolute atomic E-state index is 12.9. The minimum Gasteiger partial charge on any atom is -0.350 e. The molecule has 0 aromatic carbocycles. The zero-order chi connectivity index (χ0) is 23.1. The van der Waals surface area contributed by atoms with Crippen LogP contribution in [0.1, 0.15) is 49.7 Å². The molecule has 7 heteroatoms. The van der Waals surface area contributed by atoms with Gasteiger partial charge in [0.05, 0.1) is 6.20 Å². The second kappa shape index (κ2) is 11.0. The maximum Gasteiger partial charge on any atom is 0.271 e. The Kier molecular flexibility index (Phi) is 8.09. The molecule has 2 amide bonds. The summed E-state index contributed by atoms with van der Waals surface area (Å²) >= 11 is 0. The van der Waals surface area contributed by atoms with E-state index < -0.39 is 0 Å². The molecule has 32 heavy (non-hydrogen) atoms. The average molecular weight is 436 g/mol. The lowest BCUT2D eigenvalue weighted by Gasteiger charge is -2.37. The minimum atomic E-state index is -0.207. The molecule has 1 aliphatic carbocycles. The average Bonchev–Trinajstić information content (AvgIpc) is 2.79. The predicted octanol–water partition coefficient (Wildman–Crippen LogP) is 3.50. The quantitative estimate of drug-likeness (QED) is 0.641. The Morgan fingerprint density at radius 2 is 1.97 bits per heavy atom. The third-order valence-corrected chi connectivity index (χ3v) is 6.37. The molecule has 1 aliphatic rings. The number of hydrogen-bond acceptors (Lipinski definition) is 5. The topological polar surface area (TPSA) is 88.1 Å². The van der Waals surface area contributed by atoms with E-state index in [1.54, 1.807) is 23.5 Å².